The quantitative estimate of drug-likeness (QED) is 0.774. The average molecular weight is 423 g/mol. The fraction of sp³-hybridized carbons (Fsp3) is 0.400. The molecule has 0 aliphatic carbocycles. The van der Waals surface area contributed by atoms with Gasteiger partial charge in [0.2, 0.25) is 5.91 Å². The highest BCUT2D eigenvalue weighted by molar-refractivity contribution is 5.98. The number of halogens is 3. The van der Waals surface area contributed by atoms with E-state index in [0.717, 1.165) is 0 Å². The van der Waals surface area contributed by atoms with Gasteiger partial charge in [-0.15, -0.1) is 0 Å². The zero-order valence-corrected chi connectivity index (χ0v) is 16.1. The Morgan fingerprint density at radius 2 is 1.97 bits per heavy atom. The van der Waals surface area contributed by atoms with E-state index in [2.05, 4.69) is 5.32 Å². The number of benzene rings is 1. The van der Waals surface area contributed by atoms with Gasteiger partial charge in [0, 0.05) is 56.1 Å². The van der Waals surface area contributed by atoms with Gasteiger partial charge in [0.05, 0.1) is 18.7 Å². The van der Waals surface area contributed by atoms with Crippen molar-refractivity contribution in [2.24, 2.45) is 0 Å². The van der Waals surface area contributed by atoms with Crippen LogP contribution in [0.1, 0.15) is 18.4 Å². The molecule has 30 heavy (non-hydrogen) atoms. The van der Waals surface area contributed by atoms with Gasteiger partial charge in [-0.05, 0) is 6.42 Å². The Labute approximate surface area is 170 Å². The van der Waals surface area contributed by atoms with Gasteiger partial charge in [0.15, 0.2) is 0 Å². The molecule has 2 atom stereocenters. The first-order chi connectivity index (χ1) is 14.3. The van der Waals surface area contributed by atoms with Gasteiger partial charge >= 0.3 is 0 Å². The lowest BCUT2D eigenvalue weighted by atomic mass is 9.92. The Morgan fingerprint density at radius 1 is 1.27 bits per heavy atom. The molecule has 2 amide bonds. The number of likely N-dealkylation sites (N-methyl/N-ethyl adjacent to an activating group) is 1. The molecule has 7 nitrogen and oxygen atoms in total. The first kappa shape index (κ1) is 20.3. The zero-order valence-electron chi connectivity index (χ0n) is 16.1. The third kappa shape index (κ3) is 3.41. The van der Waals surface area contributed by atoms with Crippen molar-refractivity contribution >= 4 is 11.8 Å². The molecule has 1 aromatic rings. The van der Waals surface area contributed by atoms with Gasteiger partial charge in [-0.1, -0.05) is 0 Å². The number of nitrogens with one attached hydrogen (secondary N) is 1. The minimum atomic E-state index is -1.11. The molecule has 2 fully saturated rings. The second kappa shape index (κ2) is 7.67. The summed E-state index contributed by atoms with van der Waals surface area (Å²) in [5.41, 5.74) is -0.213. The van der Waals surface area contributed by atoms with Gasteiger partial charge in [0.25, 0.3) is 5.91 Å². The van der Waals surface area contributed by atoms with Crippen LogP contribution in [0, 0.1) is 17.5 Å². The summed E-state index contributed by atoms with van der Waals surface area (Å²) in [6.07, 6.45) is 1.89. The Balaban J connectivity index is 1.55. The number of aliphatic hydroxyl groups is 1. The molecule has 1 aromatic carbocycles. The topological polar surface area (TPSA) is 82.1 Å². The lowest BCUT2D eigenvalue weighted by molar-refractivity contribution is -0.141. The van der Waals surface area contributed by atoms with Gasteiger partial charge in [-0.25, -0.2) is 13.2 Å². The monoisotopic (exact) mass is 423 g/mol. The highest BCUT2D eigenvalue weighted by Crippen LogP contribution is 2.35. The summed E-state index contributed by atoms with van der Waals surface area (Å²) in [5, 5.41) is 12.9. The SMILES string of the molecule is CN1C(=O)C2=C(O)CC(C(=O)NCc3c(F)cc(F)cc3F)=CN2[C@@H]2CCOC[C@H]21. The predicted octanol–water partition coefficient (Wildman–Crippen LogP) is 1.71. The lowest BCUT2D eigenvalue weighted by Crippen LogP contribution is -2.62. The van der Waals surface area contributed by atoms with Crippen molar-refractivity contribution < 1.29 is 32.6 Å². The molecule has 0 aromatic heterocycles. The summed E-state index contributed by atoms with van der Waals surface area (Å²) in [5.74, 6) is -4.54. The highest BCUT2D eigenvalue weighted by atomic mass is 19.1. The van der Waals surface area contributed by atoms with Crippen LogP contribution in [-0.2, 0) is 20.9 Å². The van der Waals surface area contributed by atoms with E-state index in [1.807, 2.05) is 0 Å². The van der Waals surface area contributed by atoms with Crippen LogP contribution >= 0.6 is 0 Å². The number of aliphatic hydroxyl groups excluding tert-OH is 1. The molecule has 3 aliphatic rings. The molecule has 3 heterocycles. The first-order valence-electron chi connectivity index (χ1n) is 9.45. The van der Waals surface area contributed by atoms with E-state index in [4.69, 9.17) is 4.74 Å². The summed E-state index contributed by atoms with van der Waals surface area (Å²) < 4.78 is 46.1. The molecule has 0 unspecified atom stereocenters. The molecule has 0 bridgehead atoms. The largest absolute Gasteiger partial charge is 0.510 e. The predicted molar refractivity (Wildman–Crippen MR) is 98.1 cm³/mol. The van der Waals surface area contributed by atoms with Crippen LogP contribution in [0.25, 0.3) is 0 Å². The van der Waals surface area contributed by atoms with E-state index in [1.54, 1.807) is 11.9 Å². The fourth-order valence-electron chi connectivity index (χ4n) is 4.07. The number of hydrogen-bond acceptors (Lipinski definition) is 5. The highest BCUT2D eigenvalue weighted by Gasteiger charge is 2.46. The van der Waals surface area contributed by atoms with E-state index < -0.39 is 35.5 Å². The number of carbonyl (C=O) groups excluding carboxylic acids is 2. The molecule has 160 valence electrons. The number of nitrogens with zero attached hydrogens (tertiary/aromatic N) is 2. The maximum atomic E-state index is 13.8. The number of ether oxygens (including phenoxy) is 1. The summed E-state index contributed by atoms with van der Waals surface area (Å²) in [7, 11) is 1.64. The number of fused-ring (bicyclic) bond motifs is 3. The maximum absolute atomic E-state index is 13.8. The van der Waals surface area contributed by atoms with E-state index in [-0.39, 0.29) is 41.4 Å². The van der Waals surface area contributed by atoms with Crippen molar-refractivity contribution in [2.45, 2.75) is 31.5 Å². The normalized spacial score (nSPS) is 23.7. The standard InChI is InChI=1S/C20H20F3N3O4/c1-25-16-9-30-3-2-15(16)26-8-10(4-17(27)18(26)20(25)29)19(28)24-7-12-13(22)5-11(21)6-14(12)23/h5-6,8,15-16,27H,2-4,7,9H2,1H3,(H,24,28)/t15-,16-/m1/s1. The number of allylic oxidation sites excluding steroid dienone is 1. The molecular weight excluding hydrogens is 403 g/mol. The summed E-state index contributed by atoms with van der Waals surface area (Å²) >= 11 is 0. The first-order valence-corrected chi connectivity index (χ1v) is 9.45. The van der Waals surface area contributed by atoms with Gasteiger partial charge in [-0.3, -0.25) is 9.59 Å². The molecule has 0 saturated carbocycles. The number of hydrogen-bond donors (Lipinski definition) is 2. The third-order valence-corrected chi connectivity index (χ3v) is 5.68. The smallest absolute Gasteiger partial charge is 0.274 e. The van der Waals surface area contributed by atoms with Crippen molar-refractivity contribution in [2.75, 3.05) is 20.3 Å². The van der Waals surface area contributed by atoms with Crippen LogP contribution in [-0.4, -0.2) is 59.1 Å². The second-order valence-corrected chi connectivity index (χ2v) is 7.48. The van der Waals surface area contributed by atoms with Crippen LogP contribution in [0.3, 0.4) is 0 Å². The number of amides is 2. The molecule has 3 aliphatic heterocycles. The van der Waals surface area contributed by atoms with Crippen molar-refractivity contribution in [3.8, 4) is 0 Å². The van der Waals surface area contributed by atoms with Crippen LogP contribution in [0.4, 0.5) is 13.2 Å². The number of piperazine rings is 1. The maximum Gasteiger partial charge on any atom is 0.274 e. The third-order valence-electron chi connectivity index (χ3n) is 5.68. The van der Waals surface area contributed by atoms with Crippen molar-refractivity contribution in [3.05, 3.63) is 58.4 Å². The Morgan fingerprint density at radius 3 is 2.67 bits per heavy atom. The van der Waals surface area contributed by atoms with Gasteiger partial charge in [0.1, 0.15) is 28.9 Å². The van der Waals surface area contributed by atoms with Crippen LogP contribution in [0.5, 0.6) is 0 Å². The second-order valence-electron chi connectivity index (χ2n) is 7.48. The number of rotatable bonds is 3. The van der Waals surface area contributed by atoms with Crippen LogP contribution in [0.15, 0.2) is 35.4 Å². The Kier molecular flexibility index (Phi) is 5.19. The summed E-state index contributed by atoms with van der Waals surface area (Å²) in [4.78, 5) is 28.4. The molecule has 4 rings (SSSR count). The summed E-state index contributed by atoms with van der Waals surface area (Å²) in [6.45, 7) is 0.329. The molecular formula is C20H20F3N3O4. The fourth-order valence-corrected chi connectivity index (χ4v) is 4.07. The molecule has 0 spiro atoms. The average Bonchev–Trinajstić information content (AvgIpc) is 2.70. The van der Waals surface area contributed by atoms with E-state index in [1.165, 1.54) is 11.1 Å². The van der Waals surface area contributed by atoms with Crippen LogP contribution < -0.4 is 5.32 Å². The zero-order chi connectivity index (χ0) is 21.6. The Bertz CT molecular complexity index is 955. The van der Waals surface area contributed by atoms with E-state index >= 15 is 0 Å². The minimum absolute atomic E-state index is 0.118. The van der Waals surface area contributed by atoms with E-state index in [9.17, 15) is 27.9 Å². The van der Waals surface area contributed by atoms with Gasteiger partial charge < -0.3 is 25.0 Å². The Hall–Kier alpha value is -3.01. The van der Waals surface area contributed by atoms with E-state index in [0.29, 0.717) is 31.8 Å². The van der Waals surface area contributed by atoms with Crippen molar-refractivity contribution in [3.63, 3.8) is 0 Å². The van der Waals surface area contributed by atoms with Gasteiger partial charge in [-0.2, -0.15) is 0 Å². The number of carbonyl (C=O) groups is 2. The van der Waals surface area contributed by atoms with Crippen molar-refractivity contribution in [1.82, 2.24) is 15.1 Å². The molecule has 0 radical (unpaired) electrons. The lowest BCUT2D eigenvalue weighted by Gasteiger charge is -2.49. The molecule has 10 heteroatoms. The van der Waals surface area contributed by atoms with Crippen LogP contribution in [0.2, 0.25) is 0 Å². The molecule has 2 N–H and O–H groups in total. The minimum Gasteiger partial charge on any atom is -0.510 e. The summed E-state index contributed by atoms with van der Waals surface area (Å²) in [6, 6.07) is 0.663. The molecule has 2 saturated heterocycles. The van der Waals surface area contributed by atoms with Crippen molar-refractivity contribution in [1.29, 1.82) is 0 Å².